The zero-order valence-corrected chi connectivity index (χ0v) is 21.2. The minimum absolute atomic E-state index is 0.0156. The summed E-state index contributed by atoms with van der Waals surface area (Å²) in [5.74, 6) is 0.135. The first-order valence-corrected chi connectivity index (χ1v) is 14.2. The van der Waals surface area contributed by atoms with E-state index in [-0.39, 0.29) is 17.3 Å². The molecule has 0 aliphatic heterocycles. The summed E-state index contributed by atoms with van der Waals surface area (Å²) in [6.07, 6.45) is 2.32. The lowest BCUT2D eigenvalue weighted by Crippen LogP contribution is -2.00. The summed E-state index contributed by atoms with van der Waals surface area (Å²) in [5.41, 5.74) is 1.17. The molecule has 0 spiro atoms. The first-order chi connectivity index (χ1) is 13.9. The standard InChI is InChI=1S/C10H10O2.C8H11OP.C3H6O.C2H6O2S/c1-7(11)9-4-3-5-10(6-9)8(2)12;1-10(2,9)8-6-4-3-5-7-8;1-3(2)4;1-5(2,3)4/h3-6H,1-2H3;3-7H,1-2H3;1-2H3;1-2H3. The van der Waals surface area contributed by atoms with Crippen molar-refractivity contribution < 1.29 is 27.4 Å². The number of carbonyl (C=O) groups is 3. The summed E-state index contributed by atoms with van der Waals surface area (Å²) in [4.78, 5) is 31.3. The summed E-state index contributed by atoms with van der Waals surface area (Å²) in [7, 11) is -4.68. The zero-order valence-electron chi connectivity index (χ0n) is 19.5. The van der Waals surface area contributed by atoms with E-state index in [4.69, 9.17) is 0 Å². The number of rotatable bonds is 3. The maximum atomic E-state index is 11.4. The molecule has 0 bridgehead atoms. The van der Waals surface area contributed by atoms with Crippen LogP contribution in [0.2, 0.25) is 0 Å². The van der Waals surface area contributed by atoms with E-state index < -0.39 is 17.0 Å². The van der Waals surface area contributed by atoms with Gasteiger partial charge in [0.25, 0.3) is 0 Å². The van der Waals surface area contributed by atoms with Gasteiger partial charge in [-0.15, -0.1) is 0 Å². The zero-order chi connectivity index (χ0) is 24.8. The minimum Gasteiger partial charge on any atom is -0.319 e. The average molecular weight is 469 g/mol. The van der Waals surface area contributed by atoms with Crippen molar-refractivity contribution in [2.45, 2.75) is 27.7 Å². The SMILES string of the molecule is CC(=O)c1cccc(C(C)=O)c1.CC(C)=O.CP(C)(=O)c1ccccc1.CS(C)(=O)=O. The highest BCUT2D eigenvalue weighted by molar-refractivity contribution is 7.89. The number of sulfone groups is 1. The van der Waals surface area contributed by atoms with Crippen molar-refractivity contribution in [3.05, 3.63) is 65.7 Å². The molecular weight excluding hydrogens is 435 g/mol. The Labute approximate surface area is 186 Å². The van der Waals surface area contributed by atoms with Crippen LogP contribution in [0.1, 0.15) is 48.4 Å². The fourth-order valence-corrected chi connectivity index (χ4v) is 2.63. The molecular formula is C23H33O6PS. The summed E-state index contributed by atoms with van der Waals surface area (Å²) in [6.45, 7) is 9.59. The highest BCUT2D eigenvalue weighted by Crippen LogP contribution is 2.33. The molecule has 0 radical (unpaired) electrons. The summed E-state index contributed by atoms with van der Waals surface area (Å²) >= 11 is 0. The molecule has 31 heavy (non-hydrogen) atoms. The molecule has 0 heterocycles. The number of Topliss-reactive ketones (excluding diaryl/α,β-unsaturated/α-hetero) is 3. The van der Waals surface area contributed by atoms with Crippen LogP contribution in [0.4, 0.5) is 0 Å². The van der Waals surface area contributed by atoms with Crippen LogP contribution in [-0.2, 0) is 19.2 Å². The van der Waals surface area contributed by atoms with Gasteiger partial charge in [-0.05, 0) is 47.1 Å². The van der Waals surface area contributed by atoms with Gasteiger partial charge in [0, 0.05) is 28.9 Å². The highest BCUT2D eigenvalue weighted by Gasteiger charge is 2.08. The van der Waals surface area contributed by atoms with E-state index in [0.717, 1.165) is 17.8 Å². The molecule has 2 rings (SSSR count). The Kier molecular flexibility index (Phi) is 14.5. The van der Waals surface area contributed by atoms with Gasteiger partial charge in [0.1, 0.15) is 22.8 Å². The Hall–Kier alpha value is -2.37. The maximum Gasteiger partial charge on any atom is 0.159 e. The van der Waals surface area contributed by atoms with Gasteiger partial charge >= 0.3 is 0 Å². The number of benzene rings is 2. The molecule has 2 aromatic rings. The Morgan fingerprint density at radius 2 is 1.03 bits per heavy atom. The van der Waals surface area contributed by atoms with Crippen molar-refractivity contribution in [1.29, 1.82) is 0 Å². The lowest BCUT2D eigenvalue weighted by Gasteiger charge is -2.04. The molecule has 0 saturated heterocycles. The van der Waals surface area contributed by atoms with Crippen LogP contribution in [0.3, 0.4) is 0 Å². The second kappa shape index (κ2) is 14.6. The van der Waals surface area contributed by atoms with E-state index in [1.807, 2.05) is 30.3 Å². The number of ketones is 3. The van der Waals surface area contributed by atoms with Crippen molar-refractivity contribution in [3.8, 4) is 0 Å². The molecule has 0 saturated carbocycles. The van der Waals surface area contributed by atoms with Gasteiger partial charge in [-0.1, -0.05) is 48.5 Å². The van der Waals surface area contributed by atoms with Crippen molar-refractivity contribution in [2.24, 2.45) is 0 Å². The molecule has 172 valence electrons. The predicted molar refractivity (Wildman–Crippen MR) is 129 cm³/mol. The molecule has 0 fully saturated rings. The maximum absolute atomic E-state index is 11.4. The Bertz CT molecular complexity index is 964. The smallest absolute Gasteiger partial charge is 0.159 e. The second-order valence-electron chi connectivity index (χ2n) is 7.43. The van der Waals surface area contributed by atoms with Crippen molar-refractivity contribution in [1.82, 2.24) is 0 Å². The van der Waals surface area contributed by atoms with Crippen molar-refractivity contribution in [3.63, 3.8) is 0 Å². The Morgan fingerprint density at radius 1 is 0.710 bits per heavy atom. The third kappa shape index (κ3) is 20.7. The van der Waals surface area contributed by atoms with E-state index >= 15 is 0 Å². The summed E-state index contributed by atoms with van der Waals surface area (Å²) in [5, 5.41) is 0.954. The Balaban J connectivity index is 0. The van der Waals surface area contributed by atoms with E-state index in [1.165, 1.54) is 27.7 Å². The van der Waals surface area contributed by atoms with Crippen LogP contribution in [0.15, 0.2) is 54.6 Å². The van der Waals surface area contributed by atoms with Crippen LogP contribution in [0.25, 0.3) is 0 Å². The monoisotopic (exact) mass is 468 g/mol. The molecule has 8 heteroatoms. The lowest BCUT2D eigenvalue weighted by molar-refractivity contribution is -0.115. The van der Waals surface area contributed by atoms with Gasteiger partial charge < -0.3 is 9.36 Å². The third-order valence-electron chi connectivity index (χ3n) is 3.05. The first kappa shape index (κ1) is 30.8. The van der Waals surface area contributed by atoms with Crippen LogP contribution < -0.4 is 5.30 Å². The average Bonchev–Trinajstić information content (AvgIpc) is 2.60. The van der Waals surface area contributed by atoms with Crippen LogP contribution in [0, 0.1) is 0 Å². The summed E-state index contributed by atoms with van der Waals surface area (Å²) < 4.78 is 30.7. The van der Waals surface area contributed by atoms with Crippen molar-refractivity contribution >= 4 is 39.6 Å². The highest BCUT2D eigenvalue weighted by atomic mass is 32.2. The molecule has 2 aromatic carbocycles. The number of hydrogen-bond donors (Lipinski definition) is 0. The van der Waals surface area contributed by atoms with E-state index in [2.05, 4.69) is 0 Å². The molecule has 6 nitrogen and oxygen atoms in total. The van der Waals surface area contributed by atoms with Crippen LogP contribution in [-0.4, -0.2) is 51.6 Å². The quantitative estimate of drug-likeness (QED) is 0.492. The van der Waals surface area contributed by atoms with Gasteiger partial charge in [-0.3, -0.25) is 9.59 Å². The molecule has 0 aliphatic carbocycles. The van der Waals surface area contributed by atoms with Crippen molar-refractivity contribution in [2.75, 3.05) is 25.8 Å². The molecule has 0 atom stereocenters. The molecule has 0 unspecified atom stereocenters. The Morgan fingerprint density at radius 3 is 1.26 bits per heavy atom. The van der Waals surface area contributed by atoms with E-state index in [1.54, 1.807) is 37.6 Å². The van der Waals surface area contributed by atoms with E-state index in [0.29, 0.717) is 11.1 Å². The number of carbonyl (C=O) groups excluding carboxylic acids is 3. The van der Waals surface area contributed by atoms with Gasteiger partial charge in [0.15, 0.2) is 11.6 Å². The van der Waals surface area contributed by atoms with Gasteiger partial charge in [-0.2, -0.15) is 0 Å². The molecule has 0 amide bonds. The van der Waals surface area contributed by atoms with Gasteiger partial charge in [-0.25, -0.2) is 8.42 Å². The normalized spacial score (nSPS) is 10.1. The van der Waals surface area contributed by atoms with Gasteiger partial charge in [0.2, 0.25) is 0 Å². The third-order valence-corrected chi connectivity index (χ3v) is 4.60. The fourth-order valence-electron chi connectivity index (χ4n) is 1.74. The molecule has 0 aromatic heterocycles. The predicted octanol–water partition coefficient (Wildman–Crippen LogP) is 4.28. The van der Waals surface area contributed by atoms with Gasteiger partial charge in [0.05, 0.1) is 0 Å². The molecule has 0 N–H and O–H groups in total. The summed E-state index contributed by atoms with van der Waals surface area (Å²) in [6, 6.07) is 16.3. The lowest BCUT2D eigenvalue weighted by atomic mass is 10.1. The van der Waals surface area contributed by atoms with E-state index in [9.17, 15) is 27.4 Å². The molecule has 0 aliphatic rings. The largest absolute Gasteiger partial charge is 0.319 e. The van der Waals surface area contributed by atoms with Crippen LogP contribution >= 0.6 is 7.14 Å². The van der Waals surface area contributed by atoms with Crippen LogP contribution in [0.5, 0.6) is 0 Å². The fraction of sp³-hybridized carbons (Fsp3) is 0.348. The second-order valence-corrected chi connectivity index (χ2v) is 12.9. The topological polar surface area (TPSA) is 102 Å². The minimum atomic E-state index is -2.67. The number of hydrogen-bond acceptors (Lipinski definition) is 6. The first-order valence-electron chi connectivity index (χ1n) is 9.29.